The lowest BCUT2D eigenvalue weighted by Gasteiger charge is -2.38. The molecule has 0 aliphatic heterocycles. The molecule has 0 aliphatic carbocycles. The van der Waals surface area contributed by atoms with Crippen LogP contribution in [0.3, 0.4) is 0 Å². The fraction of sp³-hybridized carbons (Fsp3) is 0.875. The number of hydrogen-bond donors (Lipinski definition) is 4. The van der Waals surface area contributed by atoms with E-state index in [1.807, 2.05) is 13.8 Å². The van der Waals surface area contributed by atoms with Crippen molar-refractivity contribution in [2.75, 3.05) is 19.8 Å². The molecule has 0 fully saturated rings. The second-order valence-corrected chi connectivity index (χ2v) is 6.19. The van der Waals surface area contributed by atoms with Crippen LogP contribution in [0, 0.1) is 5.92 Å². The van der Waals surface area contributed by atoms with Gasteiger partial charge in [0.1, 0.15) is 0 Å². The van der Waals surface area contributed by atoms with Gasteiger partial charge in [0, 0.05) is 19.8 Å². The quantitative estimate of drug-likeness (QED) is 0.160. The molecule has 0 saturated heterocycles. The smallest absolute Gasteiger partial charge is 0.246 e. The van der Waals surface area contributed by atoms with Gasteiger partial charge < -0.3 is 32.4 Å². The van der Waals surface area contributed by atoms with E-state index in [0.29, 0.717) is 44.9 Å². The van der Waals surface area contributed by atoms with Gasteiger partial charge in [-0.25, -0.2) is 0 Å². The van der Waals surface area contributed by atoms with Gasteiger partial charge in [0.25, 0.3) is 0 Å². The molecule has 0 aromatic carbocycles. The van der Waals surface area contributed by atoms with Gasteiger partial charge in [0.2, 0.25) is 11.6 Å². The van der Waals surface area contributed by atoms with E-state index in [-0.39, 0.29) is 11.7 Å². The number of nitrogens with zero attached hydrogens (tertiary/aromatic N) is 1. The normalized spacial score (nSPS) is 14.5. The third-order valence-electron chi connectivity index (χ3n) is 3.58. The molecule has 2 atom stereocenters. The number of ether oxygens (including phenoxy) is 2. The molecule has 0 saturated carbocycles. The first-order valence-corrected chi connectivity index (χ1v) is 8.59. The van der Waals surface area contributed by atoms with E-state index in [2.05, 4.69) is 4.99 Å². The number of aliphatic imine (C=N–C) groups is 1. The summed E-state index contributed by atoms with van der Waals surface area (Å²) < 4.78 is 11.4. The third kappa shape index (κ3) is 7.12. The van der Waals surface area contributed by atoms with Crippen molar-refractivity contribution >= 4 is 11.7 Å². The van der Waals surface area contributed by atoms with Crippen LogP contribution in [-0.2, 0) is 14.3 Å². The van der Waals surface area contributed by atoms with Crippen LogP contribution in [0.2, 0.25) is 0 Å². The predicted molar refractivity (Wildman–Crippen MR) is 96.3 cm³/mol. The van der Waals surface area contributed by atoms with Gasteiger partial charge in [-0.05, 0) is 39.0 Å². The maximum absolute atomic E-state index is 13.0. The molecule has 0 heterocycles. The highest BCUT2D eigenvalue weighted by molar-refractivity contribution is 5.91. The number of ketones is 1. The van der Waals surface area contributed by atoms with Crippen LogP contribution < -0.4 is 22.9 Å². The highest BCUT2D eigenvalue weighted by Crippen LogP contribution is 2.25. The van der Waals surface area contributed by atoms with E-state index in [0.717, 1.165) is 0 Å². The van der Waals surface area contributed by atoms with E-state index >= 15 is 0 Å². The van der Waals surface area contributed by atoms with E-state index in [1.54, 1.807) is 13.8 Å². The van der Waals surface area contributed by atoms with Crippen molar-refractivity contribution in [1.82, 2.24) is 0 Å². The molecular weight excluding hydrogens is 310 g/mol. The molecule has 0 rings (SSSR count). The van der Waals surface area contributed by atoms with Crippen molar-refractivity contribution in [3.63, 3.8) is 0 Å². The van der Waals surface area contributed by atoms with E-state index in [1.165, 1.54) is 0 Å². The summed E-state index contributed by atoms with van der Waals surface area (Å²) in [7, 11) is 0. The van der Waals surface area contributed by atoms with Crippen LogP contribution >= 0.6 is 0 Å². The van der Waals surface area contributed by atoms with Crippen molar-refractivity contribution < 1.29 is 14.3 Å². The van der Waals surface area contributed by atoms with Crippen molar-refractivity contribution in [2.24, 2.45) is 33.8 Å². The molecule has 0 bridgehead atoms. The summed E-state index contributed by atoms with van der Waals surface area (Å²) in [4.78, 5) is 16.8. The number of guanidine groups is 1. The molecule has 0 spiro atoms. The number of carbonyl (C=O) groups is 1. The molecule has 0 unspecified atom stereocenters. The van der Waals surface area contributed by atoms with E-state index in [4.69, 9.17) is 32.4 Å². The number of carbonyl (C=O) groups excluding carboxylic acids is 1. The Bertz CT molecular complexity index is 391. The zero-order valence-electron chi connectivity index (χ0n) is 15.5. The Labute approximate surface area is 145 Å². The summed E-state index contributed by atoms with van der Waals surface area (Å²) in [5.41, 5.74) is 22.9. The first-order chi connectivity index (χ1) is 11.2. The molecule has 8 N–H and O–H groups in total. The van der Waals surface area contributed by atoms with Crippen molar-refractivity contribution in [2.45, 2.75) is 64.8 Å². The van der Waals surface area contributed by atoms with E-state index < -0.39 is 17.9 Å². The Balaban J connectivity index is 5.15. The van der Waals surface area contributed by atoms with Crippen LogP contribution in [0.15, 0.2) is 4.99 Å². The van der Waals surface area contributed by atoms with Crippen LogP contribution in [0.4, 0.5) is 0 Å². The predicted octanol–water partition coefficient (Wildman–Crippen LogP) is 0.0791. The fourth-order valence-corrected chi connectivity index (χ4v) is 2.58. The third-order valence-corrected chi connectivity index (χ3v) is 3.58. The lowest BCUT2D eigenvalue weighted by molar-refractivity contribution is -0.237. The van der Waals surface area contributed by atoms with Gasteiger partial charge in [0.05, 0.1) is 12.1 Å². The highest BCUT2D eigenvalue weighted by atomic mass is 16.7. The number of nitrogens with two attached hydrogens (primary N) is 4. The second-order valence-electron chi connectivity index (χ2n) is 6.19. The standard InChI is InChI=1S/C16H35N5O3/c1-5-23-16(24-6-2,13(18)10-11(3)4)14(22)12(17)8-7-9-21-15(19)20/h11-13H,5-10,17-18H2,1-4H3,(H4,19,20,21)/t12-,13-/m0/s1. The SMILES string of the molecule is CCOC(OCC)(C(=O)[C@@H](N)CCCN=C(N)N)[C@@H](N)CC(C)C. The Hall–Kier alpha value is -1.22. The summed E-state index contributed by atoms with van der Waals surface area (Å²) in [6.45, 7) is 8.68. The van der Waals surface area contributed by atoms with Crippen molar-refractivity contribution in [3.05, 3.63) is 0 Å². The molecule has 0 aliphatic rings. The van der Waals surface area contributed by atoms with Gasteiger partial charge >= 0.3 is 0 Å². The summed E-state index contributed by atoms with van der Waals surface area (Å²) >= 11 is 0. The summed E-state index contributed by atoms with van der Waals surface area (Å²) in [5, 5.41) is 0. The lowest BCUT2D eigenvalue weighted by Crippen LogP contribution is -2.62. The number of rotatable bonds is 13. The Kier molecular flexibility index (Phi) is 10.8. The summed E-state index contributed by atoms with van der Waals surface area (Å²) in [5.74, 6) is -1.52. The molecule has 0 aromatic rings. The summed E-state index contributed by atoms with van der Waals surface area (Å²) in [6, 6.07) is -1.34. The van der Waals surface area contributed by atoms with Gasteiger partial charge in [-0.2, -0.15) is 0 Å². The Morgan fingerprint density at radius 3 is 2.08 bits per heavy atom. The minimum Gasteiger partial charge on any atom is -0.370 e. The van der Waals surface area contributed by atoms with Crippen LogP contribution in [0.25, 0.3) is 0 Å². The molecule has 0 aromatic heterocycles. The molecule has 142 valence electrons. The largest absolute Gasteiger partial charge is 0.370 e. The van der Waals surface area contributed by atoms with E-state index in [9.17, 15) is 4.79 Å². The fourth-order valence-electron chi connectivity index (χ4n) is 2.58. The highest BCUT2D eigenvalue weighted by Gasteiger charge is 2.48. The van der Waals surface area contributed by atoms with Crippen molar-refractivity contribution in [3.8, 4) is 0 Å². The van der Waals surface area contributed by atoms with Crippen LogP contribution in [-0.4, -0.2) is 49.4 Å². The molecule has 0 amide bonds. The van der Waals surface area contributed by atoms with Gasteiger partial charge in [-0.1, -0.05) is 13.8 Å². The minimum atomic E-state index is -1.51. The minimum absolute atomic E-state index is 0.0202. The van der Waals surface area contributed by atoms with Gasteiger partial charge in [-0.3, -0.25) is 9.79 Å². The first kappa shape index (κ1) is 22.8. The average molecular weight is 345 g/mol. The van der Waals surface area contributed by atoms with Crippen LogP contribution in [0.1, 0.15) is 47.0 Å². The number of hydrogen-bond acceptors (Lipinski definition) is 6. The molecule has 24 heavy (non-hydrogen) atoms. The lowest BCUT2D eigenvalue weighted by atomic mass is 9.89. The topological polar surface area (TPSA) is 152 Å². The van der Waals surface area contributed by atoms with Crippen molar-refractivity contribution in [1.29, 1.82) is 0 Å². The zero-order chi connectivity index (χ0) is 18.8. The monoisotopic (exact) mass is 345 g/mol. The molecular formula is C16H35N5O3. The van der Waals surface area contributed by atoms with Crippen LogP contribution in [0.5, 0.6) is 0 Å². The molecule has 0 radical (unpaired) electrons. The zero-order valence-corrected chi connectivity index (χ0v) is 15.5. The second kappa shape index (κ2) is 11.4. The maximum Gasteiger partial charge on any atom is 0.246 e. The molecule has 8 nitrogen and oxygen atoms in total. The maximum atomic E-state index is 13.0. The number of Topliss-reactive ketones (excluding diaryl/α,β-unsaturated/α-hetero) is 1. The van der Waals surface area contributed by atoms with Gasteiger partial charge in [0.15, 0.2) is 5.96 Å². The Morgan fingerprint density at radius 1 is 1.12 bits per heavy atom. The first-order valence-electron chi connectivity index (χ1n) is 8.59. The average Bonchev–Trinajstić information content (AvgIpc) is 2.49. The Morgan fingerprint density at radius 2 is 1.67 bits per heavy atom. The van der Waals surface area contributed by atoms with Gasteiger partial charge in [-0.15, -0.1) is 0 Å². The summed E-state index contributed by atoms with van der Waals surface area (Å²) in [6.07, 6.45) is 1.59. The molecule has 8 heteroatoms.